The van der Waals surface area contributed by atoms with E-state index in [1.165, 1.54) is 0 Å². The molecule has 0 spiro atoms. The zero-order valence-electron chi connectivity index (χ0n) is 12.0. The number of likely N-dealkylation sites (tertiary alicyclic amines) is 1. The Hall–Kier alpha value is -1.57. The highest BCUT2D eigenvalue weighted by molar-refractivity contribution is 5.36. The number of benzene rings is 1. The molecule has 4 heteroatoms. The minimum absolute atomic E-state index is 0.441. The van der Waals surface area contributed by atoms with Crippen molar-refractivity contribution in [1.82, 2.24) is 4.90 Å². The Morgan fingerprint density at radius 1 is 1.35 bits per heavy atom. The number of rotatable bonds is 6. The van der Waals surface area contributed by atoms with Crippen LogP contribution in [0.1, 0.15) is 24.8 Å². The average molecular weight is 274 g/mol. The topological polar surface area (TPSA) is 45.5 Å². The van der Waals surface area contributed by atoms with Crippen molar-refractivity contribution < 1.29 is 9.47 Å². The summed E-state index contributed by atoms with van der Waals surface area (Å²) in [6.07, 6.45) is 3.70. The molecule has 20 heavy (non-hydrogen) atoms. The molecule has 4 nitrogen and oxygen atoms in total. The zero-order chi connectivity index (χ0) is 14.2. The van der Waals surface area contributed by atoms with Crippen LogP contribution in [0, 0.1) is 11.3 Å². The van der Waals surface area contributed by atoms with Crippen LogP contribution in [0.4, 0.5) is 0 Å². The van der Waals surface area contributed by atoms with Gasteiger partial charge in [0.05, 0.1) is 24.3 Å². The summed E-state index contributed by atoms with van der Waals surface area (Å²) in [7, 11) is 1.80. The van der Waals surface area contributed by atoms with E-state index in [1.807, 2.05) is 12.1 Å². The van der Waals surface area contributed by atoms with Crippen molar-refractivity contribution in [2.75, 3.05) is 33.4 Å². The van der Waals surface area contributed by atoms with Gasteiger partial charge in [0, 0.05) is 26.7 Å². The van der Waals surface area contributed by atoms with Crippen LogP contribution in [0.5, 0.6) is 5.75 Å². The lowest BCUT2D eigenvalue weighted by molar-refractivity contribution is 0.0398. The van der Waals surface area contributed by atoms with Gasteiger partial charge >= 0.3 is 0 Å². The van der Waals surface area contributed by atoms with Gasteiger partial charge in [-0.1, -0.05) is 6.07 Å². The number of hydrogen-bond acceptors (Lipinski definition) is 4. The van der Waals surface area contributed by atoms with E-state index in [-0.39, 0.29) is 0 Å². The van der Waals surface area contributed by atoms with Crippen molar-refractivity contribution in [2.45, 2.75) is 25.4 Å². The van der Waals surface area contributed by atoms with Crippen molar-refractivity contribution >= 4 is 0 Å². The van der Waals surface area contributed by atoms with E-state index >= 15 is 0 Å². The lowest BCUT2D eigenvalue weighted by Crippen LogP contribution is -2.37. The molecule has 0 unspecified atom stereocenters. The molecule has 0 aliphatic carbocycles. The van der Waals surface area contributed by atoms with Crippen molar-refractivity contribution in [3.8, 4) is 11.8 Å². The molecule has 0 saturated carbocycles. The molecule has 1 heterocycles. The Labute approximate surface area is 120 Å². The average Bonchev–Trinajstić information content (AvgIpc) is 2.52. The van der Waals surface area contributed by atoms with Crippen molar-refractivity contribution in [2.24, 2.45) is 0 Å². The van der Waals surface area contributed by atoms with Gasteiger partial charge in [-0.15, -0.1) is 0 Å². The summed E-state index contributed by atoms with van der Waals surface area (Å²) in [5.74, 6) is 0.780. The Balaban J connectivity index is 1.63. The van der Waals surface area contributed by atoms with Crippen LogP contribution in [-0.2, 0) is 4.74 Å². The second-order valence-corrected chi connectivity index (χ2v) is 5.12. The second kappa shape index (κ2) is 7.88. The molecule has 0 amide bonds. The molecular weight excluding hydrogens is 252 g/mol. The molecule has 1 aliphatic rings. The summed E-state index contributed by atoms with van der Waals surface area (Å²) in [5, 5.41) is 8.82. The smallest absolute Gasteiger partial charge is 0.120 e. The van der Waals surface area contributed by atoms with Gasteiger partial charge < -0.3 is 14.4 Å². The third kappa shape index (κ3) is 4.52. The highest BCUT2D eigenvalue weighted by atomic mass is 16.5. The first-order valence-electron chi connectivity index (χ1n) is 7.20. The monoisotopic (exact) mass is 274 g/mol. The van der Waals surface area contributed by atoms with Crippen molar-refractivity contribution in [3.05, 3.63) is 29.8 Å². The summed E-state index contributed by atoms with van der Waals surface area (Å²) in [6, 6.07) is 9.43. The van der Waals surface area contributed by atoms with E-state index in [2.05, 4.69) is 11.0 Å². The van der Waals surface area contributed by atoms with E-state index in [9.17, 15) is 0 Å². The van der Waals surface area contributed by atoms with E-state index < -0.39 is 0 Å². The predicted molar refractivity (Wildman–Crippen MR) is 77.7 cm³/mol. The molecular formula is C16H22N2O2. The number of piperidine rings is 1. The van der Waals surface area contributed by atoms with Crippen LogP contribution in [0.2, 0.25) is 0 Å². The van der Waals surface area contributed by atoms with Gasteiger partial charge in [0.2, 0.25) is 0 Å². The molecule has 1 aromatic rings. The first kappa shape index (κ1) is 14.8. The highest BCUT2D eigenvalue weighted by Gasteiger charge is 2.17. The van der Waals surface area contributed by atoms with E-state index in [0.717, 1.165) is 44.6 Å². The van der Waals surface area contributed by atoms with Crippen LogP contribution in [0.3, 0.4) is 0 Å². The molecule has 1 aromatic carbocycles. The van der Waals surface area contributed by atoms with Gasteiger partial charge in [-0.2, -0.15) is 5.26 Å². The largest absolute Gasteiger partial charge is 0.494 e. The summed E-state index contributed by atoms with van der Waals surface area (Å²) in [6.45, 7) is 3.98. The Bertz CT molecular complexity index is 448. The fourth-order valence-electron chi connectivity index (χ4n) is 2.50. The fourth-order valence-corrected chi connectivity index (χ4v) is 2.50. The van der Waals surface area contributed by atoms with Crippen LogP contribution in [0.15, 0.2) is 24.3 Å². The van der Waals surface area contributed by atoms with Gasteiger partial charge in [0.25, 0.3) is 0 Å². The lowest BCUT2D eigenvalue weighted by atomic mass is 10.1. The number of hydrogen-bond donors (Lipinski definition) is 0. The van der Waals surface area contributed by atoms with Gasteiger partial charge in [-0.05, 0) is 37.5 Å². The number of nitrogens with zero attached hydrogens (tertiary/aromatic N) is 2. The van der Waals surface area contributed by atoms with Crippen molar-refractivity contribution in [1.29, 1.82) is 5.26 Å². The standard InChI is InChI=1S/C16H22N2O2/c1-19-15-6-9-18(10-7-15)8-3-11-20-16-5-2-4-14(12-16)13-17/h2,4-5,12,15H,3,6-11H2,1H3. The minimum atomic E-state index is 0.441. The Morgan fingerprint density at radius 2 is 2.15 bits per heavy atom. The van der Waals surface area contributed by atoms with Crippen LogP contribution in [-0.4, -0.2) is 44.4 Å². The molecule has 1 aliphatic heterocycles. The zero-order valence-corrected chi connectivity index (χ0v) is 12.0. The molecule has 1 saturated heterocycles. The summed E-state index contributed by atoms with van der Waals surface area (Å²) >= 11 is 0. The summed E-state index contributed by atoms with van der Waals surface area (Å²) < 4.78 is 11.0. The van der Waals surface area contributed by atoms with Crippen LogP contribution in [0.25, 0.3) is 0 Å². The van der Waals surface area contributed by atoms with Crippen LogP contribution < -0.4 is 4.74 Å². The molecule has 0 N–H and O–H groups in total. The molecule has 0 atom stereocenters. The minimum Gasteiger partial charge on any atom is -0.494 e. The highest BCUT2D eigenvalue weighted by Crippen LogP contribution is 2.14. The Morgan fingerprint density at radius 3 is 2.85 bits per heavy atom. The number of ether oxygens (including phenoxy) is 2. The fraction of sp³-hybridized carbons (Fsp3) is 0.562. The first-order valence-corrected chi connectivity index (χ1v) is 7.20. The maximum atomic E-state index is 8.82. The number of methoxy groups -OCH3 is 1. The molecule has 108 valence electrons. The molecule has 2 rings (SSSR count). The van der Waals surface area contributed by atoms with Gasteiger partial charge in [0.15, 0.2) is 0 Å². The van der Waals surface area contributed by atoms with Gasteiger partial charge in [-0.3, -0.25) is 0 Å². The lowest BCUT2D eigenvalue weighted by Gasteiger charge is -2.31. The molecule has 0 bridgehead atoms. The second-order valence-electron chi connectivity index (χ2n) is 5.12. The Kier molecular flexibility index (Phi) is 5.85. The quantitative estimate of drug-likeness (QED) is 0.747. The molecule has 0 radical (unpaired) electrons. The number of nitriles is 1. The van der Waals surface area contributed by atoms with Gasteiger partial charge in [-0.25, -0.2) is 0 Å². The van der Waals surface area contributed by atoms with E-state index in [4.69, 9.17) is 14.7 Å². The molecule has 0 aromatic heterocycles. The van der Waals surface area contributed by atoms with E-state index in [1.54, 1.807) is 19.2 Å². The van der Waals surface area contributed by atoms with E-state index in [0.29, 0.717) is 18.3 Å². The maximum Gasteiger partial charge on any atom is 0.120 e. The SMILES string of the molecule is COC1CCN(CCCOc2cccc(C#N)c2)CC1. The predicted octanol–water partition coefficient (Wildman–Crippen LogP) is 2.44. The third-order valence-electron chi connectivity index (χ3n) is 3.72. The third-order valence-corrected chi connectivity index (χ3v) is 3.72. The first-order chi connectivity index (χ1) is 9.81. The van der Waals surface area contributed by atoms with Gasteiger partial charge in [0.1, 0.15) is 5.75 Å². The van der Waals surface area contributed by atoms with Crippen molar-refractivity contribution in [3.63, 3.8) is 0 Å². The molecule has 1 fully saturated rings. The maximum absolute atomic E-state index is 8.82. The van der Waals surface area contributed by atoms with Crippen LogP contribution >= 0.6 is 0 Å². The summed E-state index contributed by atoms with van der Waals surface area (Å²) in [5.41, 5.74) is 0.643. The summed E-state index contributed by atoms with van der Waals surface area (Å²) in [4.78, 5) is 2.46. The normalized spacial score (nSPS) is 16.8.